The fourth-order valence-corrected chi connectivity index (χ4v) is 4.23. The lowest BCUT2D eigenvalue weighted by atomic mass is 9.87. The van der Waals surface area contributed by atoms with Gasteiger partial charge in [-0.2, -0.15) is 0 Å². The Morgan fingerprint density at radius 2 is 2.12 bits per heavy atom. The number of nitrogens with two attached hydrogens (primary N) is 1. The lowest BCUT2D eigenvalue weighted by Gasteiger charge is -2.23. The van der Waals surface area contributed by atoms with Crippen molar-refractivity contribution in [3.05, 3.63) is 27.7 Å². The molecular weight excluding hydrogens is 296 g/mol. The van der Waals surface area contributed by atoms with Gasteiger partial charge in [0.25, 0.3) is 0 Å². The molecule has 4 heteroatoms. The van der Waals surface area contributed by atoms with Crippen molar-refractivity contribution in [2.45, 2.75) is 31.1 Å². The molecule has 3 rings (SSSR count). The molecule has 1 aliphatic carbocycles. The summed E-state index contributed by atoms with van der Waals surface area (Å²) in [6.07, 6.45) is 4.97. The van der Waals surface area contributed by atoms with E-state index < -0.39 is 0 Å². The highest BCUT2D eigenvalue weighted by Crippen LogP contribution is 2.43. The molecule has 0 spiro atoms. The third-order valence-electron chi connectivity index (χ3n) is 3.75. The topological polar surface area (TPSA) is 38.9 Å². The van der Waals surface area contributed by atoms with Gasteiger partial charge in [0.15, 0.2) is 0 Å². The molecule has 0 saturated heterocycles. The van der Waals surface area contributed by atoms with Gasteiger partial charge in [0.05, 0.1) is 10.2 Å². The summed E-state index contributed by atoms with van der Waals surface area (Å²) in [4.78, 5) is 4.81. The molecule has 1 saturated carbocycles. The summed E-state index contributed by atoms with van der Waals surface area (Å²) in [6.45, 7) is 0.730. The summed E-state index contributed by atoms with van der Waals surface area (Å²) in [5.74, 6) is 0. The van der Waals surface area contributed by atoms with Gasteiger partial charge in [0, 0.05) is 16.4 Å². The van der Waals surface area contributed by atoms with E-state index in [1.807, 2.05) is 11.3 Å². The molecule has 90 valence electrons. The molecule has 1 aromatic heterocycles. The summed E-state index contributed by atoms with van der Waals surface area (Å²) in [6, 6.07) is 6.31. The number of fused-ring (bicyclic) bond motifs is 1. The number of benzene rings is 1. The Bertz CT molecular complexity index is 543. The summed E-state index contributed by atoms with van der Waals surface area (Å²) in [5, 5.41) is 1.24. The molecule has 0 aliphatic heterocycles. The van der Waals surface area contributed by atoms with E-state index in [2.05, 4.69) is 34.1 Å². The molecule has 1 aliphatic rings. The summed E-state index contributed by atoms with van der Waals surface area (Å²) < 4.78 is 2.36. The second-order valence-corrected chi connectivity index (χ2v) is 6.77. The Morgan fingerprint density at radius 1 is 1.35 bits per heavy atom. The van der Waals surface area contributed by atoms with Crippen LogP contribution in [0.4, 0.5) is 0 Å². The SMILES string of the molecule is NCC1(c2nc3cc(Br)ccc3s2)CCCC1. The highest BCUT2D eigenvalue weighted by molar-refractivity contribution is 9.10. The zero-order valence-electron chi connectivity index (χ0n) is 9.58. The minimum Gasteiger partial charge on any atom is -0.329 e. The molecule has 1 aromatic carbocycles. The van der Waals surface area contributed by atoms with Crippen LogP contribution in [0.15, 0.2) is 22.7 Å². The van der Waals surface area contributed by atoms with Crippen molar-refractivity contribution in [3.63, 3.8) is 0 Å². The van der Waals surface area contributed by atoms with E-state index in [0.29, 0.717) is 0 Å². The van der Waals surface area contributed by atoms with E-state index in [1.54, 1.807) is 0 Å². The predicted molar refractivity (Wildman–Crippen MR) is 76.5 cm³/mol. The molecule has 0 atom stereocenters. The zero-order valence-corrected chi connectivity index (χ0v) is 12.0. The largest absolute Gasteiger partial charge is 0.329 e. The Hall–Kier alpha value is -0.450. The van der Waals surface area contributed by atoms with Crippen LogP contribution in [0.5, 0.6) is 0 Å². The summed E-state index contributed by atoms with van der Waals surface area (Å²) in [5.41, 5.74) is 7.27. The van der Waals surface area contributed by atoms with Crippen molar-refractivity contribution in [2.24, 2.45) is 5.73 Å². The standard InChI is InChI=1S/C13H15BrN2S/c14-9-3-4-11-10(7-9)16-12(17-11)13(8-15)5-1-2-6-13/h3-4,7H,1-2,5-6,8,15H2. The number of aromatic nitrogens is 1. The van der Waals surface area contributed by atoms with Gasteiger partial charge in [-0.15, -0.1) is 11.3 Å². The lowest BCUT2D eigenvalue weighted by molar-refractivity contribution is 0.451. The Balaban J connectivity index is 2.11. The maximum absolute atomic E-state index is 6.01. The molecule has 2 nitrogen and oxygen atoms in total. The molecule has 0 unspecified atom stereocenters. The first-order valence-corrected chi connectivity index (χ1v) is 7.61. The first kappa shape index (κ1) is 11.6. The van der Waals surface area contributed by atoms with Crippen molar-refractivity contribution < 1.29 is 0 Å². The lowest BCUT2D eigenvalue weighted by Crippen LogP contribution is -2.31. The van der Waals surface area contributed by atoms with Gasteiger partial charge in [-0.05, 0) is 31.0 Å². The van der Waals surface area contributed by atoms with Crippen molar-refractivity contribution in [3.8, 4) is 0 Å². The first-order chi connectivity index (χ1) is 8.23. The van der Waals surface area contributed by atoms with Crippen molar-refractivity contribution >= 4 is 37.5 Å². The van der Waals surface area contributed by atoms with Gasteiger partial charge >= 0.3 is 0 Å². The number of nitrogens with zero attached hydrogens (tertiary/aromatic N) is 1. The molecule has 0 radical (unpaired) electrons. The van der Waals surface area contributed by atoms with E-state index >= 15 is 0 Å². The normalized spacial score (nSPS) is 18.9. The van der Waals surface area contributed by atoms with Gasteiger partial charge < -0.3 is 5.73 Å². The number of thiazole rings is 1. The van der Waals surface area contributed by atoms with E-state index in [1.165, 1.54) is 35.4 Å². The van der Waals surface area contributed by atoms with E-state index in [9.17, 15) is 0 Å². The van der Waals surface area contributed by atoms with Crippen LogP contribution in [0.3, 0.4) is 0 Å². The van der Waals surface area contributed by atoms with Crippen LogP contribution in [-0.4, -0.2) is 11.5 Å². The number of halogens is 1. The second-order valence-electron chi connectivity index (χ2n) is 4.82. The maximum atomic E-state index is 6.01. The Morgan fingerprint density at radius 3 is 2.82 bits per heavy atom. The fraction of sp³-hybridized carbons (Fsp3) is 0.462. The van der Waals surface area contributed by atoms with E-state index in [4.69, 9.17) is 10.7 Å². The van der Waals surface area contributed by atoms with Gasteiger partial charge in [-0.25, -0.2) is 4.98 Å². The molecule has 2 aromatic rings. The molecule has 1 heterocycles. The number of hydrogen-bond acceptors (Lipinski definition) is 3. The molecule has 0 bridgehead atoms. The minimum atomic E-state index is 0.163. The van der Waals surface area contributed by atoms with Gasteiger partial charge in [0.2, 0.25) is 0 Å². The maximum Gasteiger partial charge on any atom is 0.101 e. The molecular formula is C13H15BrN2S. The third-order valence-corrected chi connectivity index (χ3v) is 5.53. The van der Waals surface area contributed by atoms with Crippen LogP contribution < -0.4 is 5.73 Å². The number of rotatable bonds is 2. The quantitative estimate of drug-likeness (QED) is 0.915. The smallest absolute Gasteiger partial charge is 0.101 e. The molecule has 2 N–H and O–H groups in total. The van der Waals surface area contributed by atoms with Crippen molar-refractivity contribution in [2.75, 3.05) is 6.54 Å². The van der Waals surface area contributed by atoms with E-state index in [-0.39, 0.29) is 5.41 Å². The van der Waals surface area contributed by atoms with Crippen molar-refractivity contribution in [1.82, 2.24) is 4.98 Å². The van der Waals surface area contributed by atoms with E-state index in [0.717, 1.165) is 16.5 Å². The average molecular weight is 311 g/mol. The molecule has 1 fully saturated rings. The van der Waals surface area contributed by atoms with Crippen molar-refractivity contribution in [1.29, 1.82) is 0 Å². The van der Waals surface area contributed by atoms with Gasteiger partial charge in [-0.3, -0.25) is 0 Å². The van der Waals surface area contributed by atoms with Crippen LogP contribution in [0.2, 0.25) is 0 Å². The minimum absolute atomic E-state index is 0.163. The highest BCUT2D eigenvalue weighted by atomic mass is 79.9. The first-order valence-electron chi connectivity index (χ1n) is 6.00. The van der Waals surface area contributed by atoms with Gasteiger partial charge in [0.1, 0.15) is 5.01 Å². The zero-order chi connectivity index (χ0) is 11.9. The summed E-state index contributed by atoms with van der Waals surface area (Å²) in [7, 11) is 0. The Kier molecular flexibility index (Phi) is 2.97. The highest BCUT2D eigenvalue weighted by Gasteiger charge is 2.37. The number of hydrogen-bond donors (Lipinski definition) is 1. The fourth-order valence-electron chi connectivity index (χ4n) is 2.68. The van der Waals surface area contributed by atoms with Crippen LogP contribution >= 0.6 is 27.3 Å². The van der Waals surface area contributed by atoms with Gasteiger partial charge in [-0.1, -0.05) is 28.8 Å². The third kappa shape index (κ3) is 1.92. The average Bonchev–Trinajstić information content (AvgIpc) is 2.94. The molecule has 17 heavy (non-hydrogen) atoms. The Labute approximate surface area is 113 Å². The predicted octanol–water partition coefficient (Wildman–Crippen LogP) is 3.83. The monoisotopic (exact) mass is 310 g/mol. The van der Waals surface area contributed by atoms with Crippen LogP contribution in [0.1, 0.15) is 30.7 Å². The molecule has 0 amide bonds. The second kappa shape index (κ2) is 4.34. The van der Waals surface area contributed by atoms with Crippen LogP contribution in [0.25, 0.3) is 10.2 Å². The van der Waals surface area contributed by atoms with Crippen LogP contribution in [-0.2, 0) is 5.41 Å². The van der Waals surface area contributed by atoms with Crippen LogP contribution in [0, 0.1) is 0 Å². The summed E-state index contributed by atoms with van der Waals surface area (Å²) >= 11 is 5.31.